The molecule has 0 spiro atoms. The molecule has 0 bridgehead atoms. The zero-order valence-electron chi connectivity index (χ0n) is 19.7. The van der Waals surface area contributed by atoms with E-state index in [0.717, 1.165) is 0 Å². The van der Waals surface area contributed by atoms with E-state index in [1.165, 1.54) is 45.7 Å². The molecule has 2 aromatic carbocycles. The van der Waals surface area contributed by atoms with Crippen LogP contribution < -0.4 is 7.16 Å². The average molecular weight is 515 g/mol. The Balaban J connectivity index is 2.79. The van der Waals surface area contributed by atoms with Gasteiger partial charge in [-0.15, -0.1) is 0 Å². The Kier molecular flexibility index (Phi) is 11.3. The number of rotatable bonds is 10. The van der Waals surface area contributed by atoms with E-state index in [2.05, 4.69) is 98.2 Å². The van der Waals surface area contributed by atoms with Crippen LogP contribution in [0.1, 0.15) is 64.5 Å². The van der Waals surface area contributed by atoms with E-state index in [1.807, 2.05) is 26.0 Å². The van der Waals surface area contributed by atoms with E-state index < -0.39 is 18.4 Å². The van der Waals surface area contributed by atoms with Crippen molar-refractivity contribution in [3.63, 3.8) is 0 Å². The molecule has 0 aliphatic carbocycles. The zero-order valence-corrected chi connectivity index (χ0v) is 22.5. The maximum atomic E-state index is 3.11. The summed E-state index contributed by atoms with van der Waals surface area (Å²) in [6.07, 6.45) is 13.5. The maximum absolute atomic E-state index is 3.11. The second kappa shape index (κ2) is 14.0. The van der Waals surface area contributed by atoms with E-state index in [9.17, 15) is 0 Å². The van der Waals surface area contributed by atoms with Crippen LogP contribution in [0, 0.1) is 23.7 Å². The second-order valence-corrected chi connectivity index (χ2v) is 20.0. The molecule has 31 heavy (non-hydrogen) atoms. The van der Waals surface area contributed by atoms with Crippen LogP contribution in [0.2, 0.25) is 8.87 Å². The van der Waals surface area contributed by atoms with E-state index in [1.54, 1.807) is 7.16 Å². The standard InChI is InChI=1S/2C11H9.2C4H9.Sn/c2*1-2-3-5-8-11-9-6-4-7-10-11;2*1-3-4-2;/h2*4-9H,1H3;2*1,3-4H2,2H3;/b2*8-5-;;;. The summed E-state index contributed by atoms with van der Waals surface area (Å²) in [4.78, 5) is 0. The van der Waals surface area contributed by atoms with Crippen molar-refractivity contribution in [2.75, 3.05) is 0 Å². The van der Waals surface area contributed by atoms with Crippen LogP contribution in [0.4, 0.5) is 0 Å². The first kappa shape index (κ1) is 25.1. The molecule has 0 N–H and O–H groups in total. The number of allylic oxidation sites excluding steroid dienone is 2. The van der Waals surface area contributed by atoms with Crippen molar-refractivity contribution >= 4 is 37.7 Å². The van der Waals surface area contributed by atoms with Gasteiger partial charge in [0.25, 0.3) is 0 Å². The third-order valence-electron chi connectivity index (χ3n) is 5.85. The van der Waals surface area contributed by atoms with Crippen molar-refractivity contribution in [1.82, 2.24) is 0 Å². The van der Waals surface area contributed by atoms with Gasteiger partial charge in [0.15, 0.2) is 0 Å². The summed E-state index contributed by atoms with van der Waals surface area (Å²) in [6.45, 7) is 8.43. The molecule has 0 fully saturated rings. The molecular formula is C30H36Sn. The van der Waals surface area contributed by atoms with Crippen LogP contribution in [0.5, 0.6) is 0 Å². The van der Waals surface area contributed by atoms with Gasteiger partial charge in [0.05, 0.1) is 0 Å². The van der Waals surface area contributed by atoms with Gasteiger partial charge in [0, 0.05) is 0 Å². The van der Waals surface area contributed by atoms with Crippen LogP contribution in [0.25, 0.3) is 12.2 Å². The molecule has 0 radical (unpaired) electrons. The molecule has 0 saturated heterocycles. The summed E-state index contributed by atoms with van der Waals surface area (Å²) < 4.78 is 5.94. The Bertz CT molecular complexity index is 918. The zero-order chi connectivity index (χ0) is 22.4. The molecule has 0 aliphatic rings. The van der Waals surface area contributed by atoms with Crippen molar-refractivity contribution < 1.29 is 0 Å². The molecular weight excluding hydrogens is 479 g/mol. The van der Waals surface area contributed by atoms with Gasteiger partial charge in [-0.05, 0) is 0 Å². The van der Waals surface area contributed by atoms with Gasteiger partial charge in [-0.2, -0.15) is 0 Å². The third-order valence-corrected chi connectivity index (χ3v) is 21.2. The molecule has 0 heterocycles. The van der Waals surface area contributed by atoms with Crippen molar-refractivity contribution in [3.05, 3.63) is 71.8 Å². The molecule has 0 atom stereocenters. The van der Waals surface area contributed by atoms with Gasteiger partial charge in [-0.25, -0.2) is 0 Å². The molecule has 2 aromatic rings. The van der Waals surface area contributed by atoms with Gasteiger partial charge in [0.1, 0.15) is 0 Å². The molecule has 0 aromatic heterocycles. The first-order chi connectivity index (χ1) is 15.2. The Morgan fingerprint density at radius 3 is 1.48 bits per heavy atom. The first-order valence-electron chi connectivity index (χ1n) is 11.6. The number of hydrogen-bond donors (Lipinski definition) is 0. The molecule has 0 saturated carbocycles. The molecule has 0 amide bonds. The summed E-state index contributed by atoms with van der Waals surface area (Å²) in [6, 6.07) is 18.2. The Hall–Kier alpha value is -2.16. The van der Waals surface area contributed by atoms with Gasteiger partial charge >= 0.3 is 195 Å². The molecule has 2 rings (SSSR count). The Morgan fingerprint density at radius 2 is 1.10 bits per heavy atom. The fraction of sp³-hybridized carbons (Fsp3) is 0.333. The predicted octanol–water partition coefficient (Wildman–Crippen LogP) is 6.92. The minimum atomic E-state index is -3.00. The summed E-state index contributed by atoms with van der Waals surface area (Å²) in [5, 5.41) is 0. The van der Waals surface area contributed by atoms with E-state index >= 15 is 0 Å². The molecule has 1 heteroatoms. The summed E-state index contributed by atoms with van der Waals surface area (Å²) in [7, 11) is 0. The monoisotopic (exact) mass is 516 g/mol. The van der Waals surface area contributed by atoms with Crippen LogP contribution in [0.3, 0.4) is 0 Å². The van der Waals surface area contributed by atoms with E-state index in [-0.39, 0.29) is 0 Å². The molecule has 0 nitrogen and oxygen atoms in total. The van der Waals surface area contributed by atoms with Crippen molar-refractivity contribution in [1.29, 1.82) is 0 Å². The summed E-state index contributed by atoms with van der Waals surface area (Å²) in [5.74, 6) is 12.2. The molecule has 0 unspecified atom stereocenters. The van der Waals surface area contributed by atoms with Crippen LogP contribution in [-0.2, 0) is 0 Å². The van der Waals surface area contributed by atoms with Gasteiger partial charge in [-0.3, -0.25) is 0 Å². The number of hydrogen-bond acceptors (Lipinski definition) is 0. The van der Waals surface area contributed by atoms with Crippen molar-refractivity contribution in [3.8, 4) is 23.7 Å². The fourth-order valence-electron chi connectivity index (χ4n) is 4.35. The molecule has 0 aliphatic heterocycles. The molecule has 160 valence electrons. The van der Waals surface area contributed by atoms with Crippen molar-refractivity contribution in [2.45, 2.75) is 62.3 Å². The fourth-order valence-corrected chi connectivity index (χ4v) is 20.9. The normalized spacial score (nSPS) is 11.2. The average Bonchev–Trinajstić information content (AvgIpc) is 2.81. The van der Waals surface area contributed by atoms with E-state index in [0.29, 0.717) is 0 Å². The van der Waals surface area contributed by atoms with Gasteiger partial charge in [0.2, 0.25) is 0 Å². The Morgan fingerprint density at radius 1 is 0.677 bits per heavy atom. The third kappa shape index (κ3) is 6.92. The number of benzene rings is 2. The first-order valence-corrected chi connectivity index (χ1v) is 18.5. The van der Waals surface area contributed by atoms with Gasteiger partial charge < -0.3 is 0 Å². The van der Waals surface area contributed by atoms with E-state index in [4.69, 9.17) is 0 Å². The Labute approximate surface area is 194 Å². The predicted molar refractivity (Wildman–Crippen MR) is 142 cm³/mol. The number of unbranched alkanes of at least 4 members (excludes halogenated alkanes) is 2. The van der Waals surface area contributed by atoms with Crippen LogP contribution in [-0.4, -0.2) is 18.4 Å². The quantitative estimate of drug-likeness (QED) is 0.238. The summed E-state index contributed by atoms with van der Waals surface area (Å²) in [5.41, 5.74) is 2.72. The van der Waals surface area contributed by atoms with Gasteiger partial charge in [-0.1, -0.05) is 0 Å². The van der Waals surface area contributed by atoms with Crippen LogP contribution in [0.15, 0.2) is 60.7 Å². The van der Waals surface area contributed by atoms with Crippen molar-refractivity contribution in [2.24, 2.45) is 0 Å². The second-order valence-electron chi connectivity index (χ2n) is 7.92. The van der Waals surface area contributed by atoms with Crippen LogP contribution >= 0.6 is 0 Å². The summed E-state index contributed by atoms with van der Waals surface area (Å²) >= 11 is -3.00. The minimum absolute atomic E-state index is 1.24. The SMILES string of the molecule is CC#C/C=C\c1cccc[c]1[Sn]([CH2]CCC)([CH2]CCC)[c]1ccccc1/C=C\C#CC. The topological polar surface area (TPSA) is 0 Å².